The summed E-state index contributed by atoms with van der Waals surface area (Å²) < 4.78 is 2.04. The van der Waals surface area contributed by atoms with Crippen molar-refractivity contribution in [1.29, 1.82) is 0 Å². The van der Waals surface area contributed by atoms with Crippen LogP contribution in [0, 0.1) is 0 Å². The second kappa shape index (κ2) is 6.93. The predicted octanol–water partition coefficient (Wildman–Crippen LogP) is 2.63. The van der Waals surface area contributed by atoms with Crippen LogP contribution in [0.4, 0.5) is 0 Å². The Morgan fingerprint density at radius 3 is 2.48 bits per heavy atom. The summed E-state index contributed by atoms with van der Waals surface area (Å²) in [4.78, 5) is 2.48. The van der Waals surface area contributed by atoms with Crippen molar-refractivity contribution in [2.75, 3.05) is 13.1 Å². The molecule has 2 heterocycles. The maximum atomic E-state index is 10.9. The van der Waals surface area contributed by atoms with Gasteiger partial charge in [-0.3, -0.25) is 9.58 Å². The van der Waals surface area contributed by atoms with Gasteiger partial charge in [0, 0.05) is 24.2 Å². The molecule has 0 amide bonds. The zero-order valence-electron chi connectivity index (χ0n) is 14.1. The first-order valence-corrected chi connectivity index (χ1v) is 8.53. The number of rotatable bonds is 7. The number of aromatic nitrogens is 2. The molecule has 1 fully saturated rings. The van der Waals surface area contributed by atoms with Crippen molar-refractivity contribution in [3.63, 3.8) is 0 Å². The van der Waals surface area contributed by atoms with Crippen molar-refractivity contribution >= 4 is 0 Å². The van der Waals surface area contributed by atoms with Crippen molar-refractivity contribution in [1.82, 2.24) is 14.7 Å². The van der Waals surface area contributed by atoms with E-state index in [0.717, 1.165) is 38.2 Å². The number of nitrogens with zero attached hydrogens (tertiary/aromatic N) is 3. The van der Waals surface area contributed by atoms with Crippen LogP contribution in [-0.2, 0) is 19.4 Å². The summed E-state index contributed by atoms with van der Waals surface area (Å²) >= 11 is 0. The Labute approximate surface area is 129 Å². The van der Waals surface area contributed by atoms with E-state index in [4.69, 9.17) is 0 Å². The molecule has 1 aliphatic rings. The quantitative estimate of drug-likeness (QED) is 0.840. The van der Waals surface area contributed by atoms with Gasteiger partial charge in [0.05, 0.1) is 11.8 Å². The minimum absolute atomic E-state index is 0.119. The molecule has 1 aromatic rings. The Bertz CT molecular complexity index is 451. The van der Waals surface area contributed by atoms with E-state index in [-0.39, 0.29) is 11.6 Å². The van der Waals surface area contributed by atoms with Crippen LogP contribution in [0.3, 0.4) is 0 Å². The van der Waals surface area contributed by atoms with Gasteiger partial charge < -0.3 is 5.11 Å². The first kappa shape index (κ1) is 16.5. The zero-order chi connectivity index (χ0) is 15.5. The minimum atomic E-state index is -0.340. The van der Waals surface area contributed by atoms with Gasteiger partial charge in [-0.25, -0.2) is 0 Å². The van der Waals surface area contributed by atoms with Crippen LogP contribution in [0.15, 0.2) is 6.07 Å². The summed E-state index contributed by atoms with van der Waals surface area (Å²) in [5.41, 5.74) is 2.17. The number of aryl methyl sites for hydroxylation is 2. The Balaban J connectivity index is 2.15. The highest BCUT2D eigenvalue weighted by molar-refractivity contribution is 5.13. The molecule has 1 N–H and O–H groups in total. The Morgan fingerprint density at radius 1 is 1.29 bits per heavy atom. The number of hydrogen-bond donors (Lipinski definition) is 1. The van der Waals surface area contributed by atoms with Crippen molar-refractivity contribution in [3.8, 4) is 0 Å². The van der Waals surface area contributed by atoms with Crippen LogP contribution in [0.25, 0.3) is 0 Å². The normalized spacial score (nSPS) is 20.6. The van der Waals surface area contributed by atoms with Gasteiger partial charge in [0.25, 0.3) is 0 Å². The standard InChI is InChI=1S/C17H31N3O/c1-5-14-12-15(20(7-3)18-14)13-16(21)17(4,6-2)19-10-8-9-11-19/h12,16,21H,5-11,13H2,1-4H3. The molecule has 120 valence electrons. The summed E-state index contributed by atoms with van der Waals surface area (Å²) in [6.07, 6.45) is 4.81. The lowest BCUT2D eigenvalue weighted by Gasteiger charge is -2.42. The molecule has 0 saturated carbocycles. The van der Waals surface area contributed by atoms with Gasteiger partial charge in [0.1, 0.15) is 0 Å². The molecule has 0 aliphatic carbocycles. The lowest BCUT2D eigenvalue weighted by atomic mass is 9.87. The fraction of sp³-hybridized carbons (Fsp3) is 0.824. The lowest BCUT2D eigenvalue weighted by Crippen LogP contribution is -2.54. The van der Waals surface area contributed by atoms with Gasteiger partial charge >= 0.3 is 0 Å². The molecule has 0 radical (unpaired) electrons. The van der Waals surface area contributed by atoms with E-state index in [9.17, 15) is 5.11 Å². The van der Waals surface area contributed by atoms with E-state index in [1.165, 1.54) is 18.5 Å². The maximum absolute atomic E-state index is 10.9. The van der Waals surface area contributed by atoms with E-state index in [1.807, 2.05) is 4.68 Å². The van der Waals surface area contributed by atoms with Gasteiger partial charge in [-0.1, -0.05) is 13.8 Å². The van der Waals surface area contributed by atoms with Gasteiger partial charge in [-0.2, -0.15) is 5.10 Å². The molecule has 1 aromatic heterocycles. The SMILES string of the molecule is CCc1cc(CC(O)C(C)(CC)N2CCCC2)n(CC)n1. The van der Waals surface area contributed by atoms with Gasteiger partial charge in [-0.05, 0) is 58.7 Å². The monoisotopic (exact) mass is 293 g/mol. The third-order valence-corrected chi connectivity index (χ3v) is 5.24. The van der Waals surface area contributed by atoms with Crippen LogP contribution in [0.2, 0.25) is 0 Å². The molecular formula is C17H31N3O. The summed E-state index contributed by atoms with van der Waals surface area (Å²) in [7, 11) is 0. The first-order valence-electron chi connectivity index (χ1n) is 8.53. The van der Waals surface area contributed by atoms with Gasteiger partial charge in [0.15, 0.2) is 0 Å². The highest BCUT2D eigenvalue weighted by atomic mass is 16.3. The molecule has 21 heavy (non-hydrogen) atoms. The van der Waals surface area contributed by atoms with Crippen LogP contribution in [0.1, 0.15) is 58.3 Å². The number of hydrogen-bond acceptors (Lipinski definition) is 3. The molecule has 0 spiro atoms. The fourth-order valence-corrected chi connectivity index (χ4v) is 3.44. The van der Waals surface area contributed by atoms with E-state index in [2.05, 4.69) is 43.8 Å². The minimum Gasteiger partial charge on any atom is -0.391 e. The third kappa shape index (κ3) is 3.32. The second-order valence-electron chi connectivity index (χ2n) is 6.42. The average molecular weight is 293 g/mol. The van der Waals surface area contributed by atoms with E-state index in [0.29, 0.717) is 6.42 Å². The molecule has 2 atom stereocenters. The average Bonchev–Trinajstić information content (AvgIpc) is 3.15. The van der Waals surface area contributed by atoms with Crippen LogP contribution in [0.5, 0.6) is 0 Å². The van der Waals surface area contributed by atoms with E-state index < -0.39 is 0 Å². The van der Waals surface area contributed by atoms with Crippen molar-refractivity contribution in [2.45, 2.75) is 78.0 Å². The number of aliphatic hydroxyl groups is 1. The fourth-order valence-electron chi connectivity index (χ4n) is 3.44. The topological polar surface area (TPSA) is 41.3 Å². The van der Waals surface area contributed by atoms with E-state index in [1.54, 1.807) is 0 Å². The molecule has 2 rings (SSSR count). The van der Waals surface area contributed by atoms with E-state index >= 15 is 0 Å². The maximum Gasteiger partial charge on any atom is 0.0776 e. The zero-order valence-corrected chi connectivity index (χ0v) is 14.1. The molecule has 1 saturated heterocycles. The molecular weight excluding hydrogens is 262 g/mol. The lowest BCUT2D eigenvalue weighted by molar-refractivity contribution is -0.0127. The molecule has 0 aromatic carbocycles. The molecule has 2 unspecified atom stereocenters. The van der Waals surface area contributed by atoms with Gasteiger partial charge in [0.2, 0.25) is 0 Å². The molecule has 0 bridgehead atoms. The first-order chi connectivity index (χ1) is 10.0. The largest absolute Gasteiger partial charge is 0.391 e. The summed E-state index contributed by atoms with van der Waals surface area (Å²) in [5.74, 6) is 0. The van der Waals surface area contributed by atoms with Crippen LogP contribution in [-0.4, -0.2) is 44.5 Å². The second-order valence-corrected chi connectivity index (χ2v) is 6.42. The van der Waals surface area contributed by atoms with Crippen LogP contribution < -0.4 is 0 Å². The Morgan fingerprint density at radius 2 is 1.95 bits per heavy atom. The van der Waals surface area contributed by atoms with Crippen LogP contribution >= 0.6 is 0 Å². The molecule has 4 heteroatoms. The molecule has 4 nitrogen and oxygen atoms in total. The summed E-state index contributed by atoms with van der Waals surface area (Å²) in [6.45, 7) is 11.8. The summed E-state index contributed by atoms with van der Waals surface area (Å²) in [5, 5.41) is 15.5. The number of aliphatic hydroxyl groups excluding tert-OH is 1. The van der Waals surface area contributed by atoms with Gasteiger partial charge in [-0.15, -0.1) is 0 Å². The predicted molar refractivity (Wildman–Crippen MR) is 86.5 cm³/mol. The summed E-state index contributed by atoms with van der Waals surface area (Å²) in [6, 6.07) is 2.16. The highest BCUT2D eigenvalue weighted by Gasteiger charge is 2.38. The van der Waals surface area contributed by atoms with Crippen molar-refractivity contribution in [2.24, 2.45) is 0 Å². The van der Waals surface area contributed by atoms with Crippen molar-refractivity contribution in [3.05, 3.63) is 17.5 Å². The highest BCUT2D eigenvalue weighted by Crippen LogP contribution is 2.29. The third-order valence-electron chi connectivity index (χ3n) is 5.24. The van der Waals surface area contributed by atoms with Crippen molar-refractivity contribution < 1.29 is 5.11 Å². The Kier molecular flexibility index (Phi) is 5.44. The number of likely N-dealkylation sites (tertiary alicyclic amines) is 1. The molecule has 1 aliphatic heterocycles. The Hall–Kier alpha value is -0.870. The smallest absolute Gasteiger partial charge is 0.0776 e.